The molecule has 3 fully saturated rings. The summed E-state index contributed by atoms with van der Waals surface area (Å²) in [5, 5.41) is 2.71. The molecule has 0 saturated carbocycles. The predicted octanol–water partition coefficient (Wildman–Crippen LogP) is 1.11. The number of rotatable bonds is 6. The van der Waals surface area contributed by atoms with E-state index >= 15 is 0 Å². The van der Waals surface area contributed by atoms with E-state index in [0.29, 0.717) is 44.7 Å². The maximum Gasteiger partial charge on any atom is 0.245 e. The third-order valence-corrected chi connectivity index (χ3v) is 8.30. The van der Waals surface area contributed by atoms with Crippen LogP contribution in [0.5, 0.6) is 0 Å². The van der Waals surface area contributed by atoms with Crippen LogP contribution in [0.2, 0.25) is 0 Å². The van der Waals surface area contributed by atoms with Crippen molar-refractivity contribution < 1.29 is 27.5 Å². The van der Waals surface area contributed by atoms with Gasteiger partial charge in [-0.3, -0.25) is 9.59 Å². The number of ether oxygens (including phenoxy) is 2. The van der Waals surface area contributed by atoms with E-state index in [-0.39, 0.29) is 41.2 Å². The molecule has 3 aliphatic heterocycles. The minimum atomic E-state index is -3.68. The molecule has 0 radical (unpaired) electrons. The van der Waals surface area contributed by atoms with Crippen LogP contribution < -0.4 is 10.2 Å². The summed E-state index contributed by atoms with van der Waals surface area (Å²) in [6.07, 6.45) is 2.49. The number of benzene rings is 1. The molecule has 32 heavy (non-hydrogen) atoms. The fraction of sp³-hybridized carbons (Fsp3) is 0.545. The van der Waals surface area contributed by atoms with Crippen molar-refractivity contribution >= 4 is 27.5 Å². The fourth-order valence-electron chi connectivity index (χ4n) is 4.57. The molecule has 0 bridgehead atoms. The number of fused-ring (bicyclic) bond motifs is 1. The highest BCUT2D eigenvalue weighted by Gasteiger charge is 2.46. The van der Waals surface area contributed by atoms with Crippen molar-refractivity contribution in [3.63, 3.8) is 0 Å². The van der Waals surface area contributed by atoms with Crippen molar-refractivity contribution in [1.29, 1.82) is 0 Å². The first-order valence-electron chi connectivity index (χ1n) is 10.8. The Morgan fingerprint density at radius 1 is 1.19 bits per heavy atom. The Morgan fingerprint density at radius 3 is 2.50 bits per heavy atom. The Hall–Kier alpha value is -2.27. The van der Waals surface area contributed by atoms with E-state index in [9.17, 15) is 18.0 Å². The van der Waals surface area contributed by atoms with E-state index in [1.165, 1.54) is 10.4 Å². The van der Waals surface area contributed by atoms with Gasteiger partial charge in [0.25, 0.3) is 0 Å². The quantitative estimate of drug-likeness (QED) is 0.634. The van der Waals surface area contributed by atoms with Crippen LogP contribution >= 0.6 is 0 Å². The van der Waals surface area contributed by atoms with Crippen LogP contribution in [0.1, 0.15) is 19.3 Å². The molecule has 3 unspecified atom stereocenters. The topological polar surface area (TPSA) is 105 Å². The maximum atomic E-state index is 13.1. The Bertz CT molecular complexity index is 960. The molecule has 1 aromatic carbocycles. The van der Waals surface area contributed by atoms with Crippen LogP contribution in [0.25, 0.3) is 0 Å². The third kappa shape index (κ3) is 4.59. The van der Waals surface area contributed by atoms with E-state index < -0.39 is 16.3 Å². The second-order valence-corrected chi connectivity index (χ2v) is 10.4. The normalized spacial score (nSPS) is 26.5. The molecular weight excluding hydrogens is 434 g/mol. The zero-order valence-corrected chi connectivity index (χ0v) is 18.9. The van der Waals surface area contributed by atoms with Gasteiger partial charge < -0.3 is 19.7 Å². The van der Waals surface area contributed by atoms with Gasteiger partial charge in [-0.2, -0.15) is 4.31 Å². The van der Waals surface area contributed by atoms with Gasteiger partial charge in [0.15, 0.2) is 0 Å². The monoisotopic (exact) mass is 463 g/mol. The fourth-order valence-corrected chi connectivity index (χ4v) is 6.08. The summed E-state index contributed by atoms with van der Waals surface area (Å²) in [7, 11) is -1.97. The second-order valence-electron chi connectivity index (χ2n) is 8.47. The van der Waals surface area contributed by atoms with Crippen LogP contribution in [0, 0.1) is 11.8 Å². The molecular formula is C22H29N3O6S. The lowest BCUT2D eigenvalue weighted by Crippen LogP contribution is -2.37. The molecule has 4 rings (SSSR count). The lowest BCUT2D eigenvalue weighted by Gasteiger charge is -2.26. The number of nitrogens with zero attached hydrogens (tertiary/aromatic N) is 2. The summed E-state index contributed by atoms with van der Waals surface area (Å²) >= 11 is 0. The van der Waals surface area contributed by atoms with Gasteiger partial charge in [0.1, 0.15) is 6.23 Å². The van der Waals surface area contributed by atoms with E-state index in [1.54, 1.807) is 36.2 Å². The van der Waals surface area contributed by atoms with E-state index in [4.69, 9.17) is 9.47 Å². The molecule has 0 spiro atoms. The van der Waals surface area contributed by atoms with Gasteiger partial charge >= 0.3 is 0 Å². The van der Waals surface area contributed by atoms with Crippen LogP contribution in [-0.2, 0) is 29.1 Å². The van der Waals surface area contributed by atoms with Gasteiger partial charge in [-0.15, -0.1) is 0 Å². The molecule has 3 heterocycles. The van der Waals surface area contributed by atoms with E-state index in [2.05, 4.69) is 11.9 Å². The van der Waals surface area contributed by atoms with Crippen LogP contribution in [0.4, 0.5) is 5.69 Å². The minimum absolute atomic E-state index is 0.0199. The van der Waals surface area contributed by atoms with E-state index in [0.717, 1.165) is 0 Å². The zero-order chi connectivity index (χ0) is 22.9. The molecule has 1 N–H and O–H groups in total. The number of nitrogens with one attached hydrogen (secondary N) is 1. The highest BCUT2D eigenvalue weighted by molar-refractivity contribution is 7.89. The molecule has 1 aromatic rings. The molecule has 3 saturated heterocycles. The molecule has 0 aliphatic carbocycles. The molecule has 0 aromatic heterocycles. The largest absolute Gasteiger partial charge is 0.381 e. The van der Waals surface area contributed by atoms with Crippen molar-refractivity contribution in [1.82, 2.24) is 9.62 Å². The smallest absolute Gasteiger partial charge is 0.245 e. The Labute approximate surface area is 188 Å². The van der Waals surface area contributed by atoms with Crippen LogP contribution in [0.15, 0.2) is 41.8 Å². The molecule has 2 amide bonds. The zero-order valence-electron chi connectivity index (χ0n) is 18.1. The van der Waals surface area contributed by atoms with Gasteiger partial charge in [0, 0.05) is 50.9 Å². The summed E-state index contributed by atoms with van der Waals surface area (Å²) in [4.78, 5) is 25.9. The molecule has 174 valence electrons. The number of anilines is 1. The molecule has 10 heteroatoms. The van der Waals surface area contributed by atoms with Crippen LogP contribution in [-0.4, -0.2) is 70.2 Å². The maximum absolute atomic E-state index is 13.1. The summed E-state index contributed by atoms with van der Waals surface area (Å²) < 4.78 is 38.8. The first-order valence-corrected chi connectivity index (χ1v) is 12.3. The van der Waals surface area contributed by atoms with Gasteiger partial charge in [-0.05, 0) is 49.6 Å². The standard InChI is InChI=1S/C22H29N3O6S/c1-3-20(26)23-21-12-16-13-25(14-19(16)31-21)32(28,29)18-6-4-17(5-7-18)24(2)22(27)15-8-10-30-11-9-15/h3-7,15-16,19,21H,1,8-14H2,2H3,(H,23,26). The predicted molar refractivity (Wildman–Crippen MR) is 117 cm³/mol. The number of carbonyl (C=O) groups is 2. The Morgan fingerprint density at radius 2 is 1.88 bits per heavy atom. The van der Waals surface area contributed by atoms with Crippen molar-refractivity contribution in [2.45, 2.75) is 36.5 Å². The van der Waals surface area contributed by atoms with Gasteiger partial charge in [0.05, 0.1) is 11.0 Å². The molecule has 3 aliphatic rings. The first kappa shape index (κ1) is 22.9. The van der Waals surface area contributed by atoms with Crippen molar-refractivity contribution in [3.05, 3.63) is 36.9 Å². The lowest BCUT2D eigenvalue weighted by atomic mass is 9.98. The Balaban J connectivity index is 1.38. The minimum Gasteiger partial charge on any atom is -0.381 e. The second kappa shape index (κ2) is 9.30. The number of hydrogen-bond acceptors (Lipinski definition) is 6. The van der Waals surface area contributed by atoms with Crippen LogP contribution in [0.3, 0.4) is 0 Å². The summed E-state index contributed by atoms with van der Waals surface area (Å²) in [6.45, 7) is 5.19. The molecule has 3 atom stereocenters. The summed E-state index contributed by atoms with van der Waals surface area (Å²) in [5.74, 6) is -0.324. The molecule has 9 nitrogen and oxygen atoms in total. The number of hydrogen-bond donors (Lipinski definition) is 1. The Kier molecular flexibility index (Phi) is 6.66. The lowest BCUT2D eigenvalue weighted by molar-refractivity contribution is -0.125. The third-order valence-electron chi connectivity index (χ3n) is 6.45. The van der Waals surface area contributed by atoms with Gasteiger partial charge in [-0.25, -0.2) is 8.42 Å². The number of sulfonamides is 1. The first-order chi connectivity index (χ1) is 15.3. The summed E-state index contributed by atoms with van der Waals surface area (Å²) in [5.41, 5.74) is 0.655. The van der Waals surface area contributed by atoms with E-state index in [1.807, 2.05) is 0 Å². The van der Waals surface area contributed by atoms with Crippen molar-refractivity contribution in [2.75, 3.05) is 38.3 Å². The average Bonchev–Trinajstić information content (AvgIpc) is 3.38. The summed E-state index contributed by atoms with van der Waals surface area (Å²) in [6, 6.07) is 6.41. The van der Waals surface area contributed by atoms with Crippen molar-refractivity contribution in [3.8, 4) is 0 Å². The average molecular weight is 464 g/mol. The SMILES string of the molecule is C=CC(=O)NC1CC2CN(S(=O)(=O)c3ccc(N(C)C(=O)C4CCOCC4)cc3)CC2O1. The van der Waals surface area contributed by atoms with Gasteiger partial charge in [0.2, 0.25) is 21.8 Å². The highest BCUT2D eigenvalue weighted by Crippen LogP contribution is 2.35. The van der Waals surface area contributed by atoms with Crippen molar-refractivity contribution in [2.24, 2.45) is 11.8 Å². The van der Waals surface area contributed by atoms with Gasteiger partial charge in [-0.1, -0.05) is 6.58 Å². The highest BCUT2D eigenvalue weighted by atomic mass is 32.2. The number of carbonyl (C=O) groups excluding carboxylic acids is 2. The number of amides is 2.